The van der Waals surface area contributed by atoms with E-state index in [0.29, 0.717) is 6.92 Å². The van der Waals surface area contributed by atoms with Crippen LogP contribution in [0.4, 0.5) is 18.0 Å². The average Bonchev–Trinajstić information content (AvgIpc) is 3.07. The van der Waals surface area contributed by atoms with E-state index in [0.717, 1.165) is 22.3 Å². The number of fused-ring (bicyclic) bond motifs is 3. The van der Waals surface area contributed by atoms with E-state index in [1.54, 1.807) is 5.32 Å². The molecule has 2 unspecified atom stereocenters. The molecule has 1 aliphatic rings. The lowest BCUT2D eigenvalue weighted by Gasteiger charge is -2.35. The lowest BCUT2D eigenvalue weighted by molar-refractivity contribution is -0.195. The zero-order valence-corrected chi connectivity index (χ0v) is 19.7. The van der Waals surface area contributed by atoms with Crippen molar-refractivity contribution in [3.8, 4) is 11.1 Å². The molecule has 2 atom stereocenters. The Balaban J connectivity index is 1.78. The van der Waals surface area contributed by atoms with Crippen molar-refractivity contribution in [3.63, 3.8) is 0 Å². The number of carbonyl (C=O) groups is 3. The average molecular weight is 492 g/mol. The first-order chi connectivity index (χ1) is 16.2. The molecule has 0 saturated heterocycles. The van der Waals surface area contributed by atoms with E-state index >= 15 is 0 Å². The third kappa shape index (κ3) is 5.11. The van der Waals surface area contributed by atoms with Gasteiger partial charge in [0.1, 0.15) is 12.6 Å². The standard InChI is InChI=1S/C25H27F3N2O5/c1-23(2,3)19(20(31)32)29-21(33)24(4,25(26,27)28)30-22(34)35-13-18-16-11-7-5-9-14(16)15-10-6-8-12-17(15)18/h5-12,18-19H,13H2,1-4H3,(H,29,33)(H,30,34)(H,31,32). The fraction of sp³-hybridized carbons (Fsp3) is 0.400. The number of carboxylic acid groups (broad SMARTS) is 1. The molecule has 3 rings (SSSR count). The molecule has 2 amide bonds. The molecule has 3 N–H and O–H groups in total. The van der Waals surface area contributed by atoms with E-state index < -0.39 is 47.1 Å². The molecule has 35 heavy (non-hydrogen) atoms. The van der Waals surface area contributed by atoms with E-state index in [2.05, 4.69) is 0 Å². The minimum absolute atomic E-state index is 0.255. The monoisotopic (exact) mass is 492 g/mol. The number of amides is 2. The molecule has 0 fully saturated rings. The number of hydrogen-bond donors (Lipinski definition) is 3. The van der Waals surface area contributed by atoms with Crippen LogP contribution < -0.4 is 10.6 Å². The van der Waals surface area contributed by atoms with E-state index in [1.165, 1.54) is 20.8 Å². The van der Waals surface area contributed by atoms with Crippen LogP contribution in [0, 0.1) is 5.41 Å². The van der Waals surface area contributed by atoms with Crippen LogP contribution in [0.3, 0.4) is 0 Å². The summed E-state index contributed by atoms with van der Waals surface area (Å²) >= 11 is 0. The van der Waals surface area contributed by atoms with Crippen LogP contribution in [-0.2, 0) is 14.3 Å². The number of rotatable bonds is 6. The number of alkyl halides is 3. The van der Waals surface area contributed by atoms with Crippen molar-refractivity contribution in [2.24, 2.45) is 5.41 Å². The van der Waals surface area contributed by atoms with Crippen molar-refractivity contribution in [3.05, 3.63) is 59.7 Å². The van der Waals surface area contributed by atoms with Gasteiger partial charge >= 0.3 is 18.2 Å². The molecule has 0 spiro atoms. The van der Waals surface area contributed by atoms with Crippen LogP contribution in [0.1, 0.15) is 44.7 Å². The number of benzene rings is 2. The van der Waals surface area contributed by atoms with Gasteiger partial charge in [0.25, 0.3) is 5.91 Å². The maximum absolute atomic E-state index is 13.9. The highest BCUT2D eigenvalue weighted by Crippen LogP contribution is 2.44. The van der Waals surface area contributed by atoms with Crippen LogP contribution >= 0.6 is 0 Å². The highest BCUT2D eigenvalue weighted by atomic mass is 19.4. The van der Waals surface area contributed by atoms with Gasteiger partial charge in [0.05, 0.1) is 0 Å². The smallest absolute Gasteiger partial charge is 0.420 e. The van der Waals surface area contributed by atoms with Crippen molar-refractivity contribution in [2.75, 3.05) is 6.61 Å². The van der Waals surface area contributed by atoms with E-state index in [4.69, 9.17) is 4.74 Å². The zero-order valence-electron chi connectivity index (χ0n) is 19.7. The second-order valence-electron chi connectivity index (χ2n) is 9.68. The Morgan fingerprint density at radius 1 is 0.943 bits per heavy atom. The SMILES string of the molecule is CC(C)(C)C(NC(=O)C(C)(NC(=O)OCC1c2ccccc2-c2ccccc21)C(F)(F)F)C(=O)O. The summed E-state index contributed by atoms with van der Waals surface area (Å²) in [4.78, 5) is 36.6. The highest BCUT2D eigenvalue weighted by Gasteiger charge is 2.59. The lowest BCUT2D eigenvalue weighted by Crippen LogP contribution is -2.67. The summed E-state index contributed by atoms with van der Waals surface area (Å²) in [5.74, 6) is -3.60. The summed E-state index contributed by atoms with van der Waals surface area (Å²) in [6, 6.07) is 13.3. The van der Waals surface area contributed by atoms with Crippen LogP contribution in [0.2, 0.25) is 0 Å². The van der Waals surface area contributed by atoms with Crippen molar-refractivity contribution >= 4 is 18.0 Å². The topological polar surface area (TPSA) is 105 Å². The Hall–Kier alpha value is -3.56. The van der Waals surface area contributed by atoms with Gasteiger partial charge in [-0.05, 0) is 34.6 Å². The maximum atomic E-state index is 13.9. The summed E-state index contributed by atoms with van der Waals surface area (Å²) in [5.41, 5.74) is -0.886. The number of nitrogens with one attached hydrogen (secondary N) is 2. The van der Waals surface area contributed by atoms with E-state index in [9.17, 15) is 32.7 Å². The van der Waals surface area contributed by atoms with Crippen molar-refractivity contribution in [1.82, 2.24) is 10.6 Å². The van der Waals surface area contributed by atoms with Gasteiger partial charge in [-0.2, -0.15) is 13.2 Å². The zero-order chi connectivity index (χ0) is 26.2. The molecule has 7 nitrogen and oxygen atoms in total. The predicted molar refractivity (Wildman–Crippen MR) is 122 cm³/mol. The largest absolute Gasteiger partial charge is 0.480 e. The molecule has 0 aromatic heterocycles. The van der Waals surface area contributed by atoms with E-state index in [1.807, 2.05) is 53.8 Å². The molecule has 0 heterocycles. The van der Waals surface area contributed by atoms with Crippen LogP contribution in [-0.4, -0.2) is 47.4 Å². The quantitative estimate of drug-likeness (QED) is 0.552. The number of aliphatic carboxylic acids is 1. The number of alkyl carbamates (subject to hydrolysis) is 1. The van der Waals surface area contributed by atoms with E-state index in [-0.39, 0.29) is 6.61 Å². The van der Waals surface area contributed by atoms with Crippen molar-refractivity contribution < 1.29 is 37.4 Å². The maximum Gasteiger partial charge on any atom is 0.420 e. The number of hydrogen-bond acceptors (Lipinski definition) is 4. The van der Waals surface area contributed by atoms with Gasteiger partial charge in [0, 0.05) is 5.92 Å². The van der Waals surface area contributed by atoms with Gasteiger partial charge < -0.3 is 15.2 Å². The normalized spacial score (nSPS) is 15.9. The summed E-state index contributed by atoms with van der Waals surface area (Å²) < 4.78 is 46.9. The van der Waals surface area contributed by atoms with Gasteiger partial charge in [-0.25, -0.2) is 9.59 Å². The molecule has 0 aliphatic heterocycles. The van der Waals surface area contributed by atoms with Crippen molar-refractivity contribution in [1.29, 1.82) is 0 Å². The molecule has 2 aromatic rings. The molecule has 0 radical (unpaired) electrons. The third-order valence-electron chi connectivity index (χ3n) is 6.11. The second kappa shape index (κ2) is 9.24. The Bertz CT molecular complexity index is 1100. The first-order valence-corrected chi connectivity index (χ1v) is 10.9. The van der Waals surface area contributed by atoms with Gasteiger partial charge in [0.2, 0.25) is 5.54 Å². The summed E-state index contributed by atoms with van der Waals surface area (Å²) in [7, 11) is 0. The van der Waals surface area contributed by atoms with Crippen molar-refractivity contribution in [2.45, 2.75) is 51.4 Å². The number of halogens is 3. The first-order valence-electron chi connectivity index (χ1n) is 10.9. The Morgan fingerprint density at radius 2 is 1.43 bits per heavy atom. The summed E-state index contributed by atoms with van der Waals surface area (Å²) in [6.45, 7) is 4.57. The summed E-state index contributed by atoms with van der Waals surface area (Å²) in [5, 5.41) is 12.9. The van der Waals surface area contributed by atoms with Gasteiger partial charge in [-0.15, -0.1) is 0 Å². The minimum atomic E-state index is -5.23. The molecular weight excluding hydrogens is 465 g/mol. The third-order valence-corrected chi connectivity index (χ3v) is 6.11. The number of carboxylic acids is 1. The molecular formula is C25H27F3N2O5. The highest BCUT2D eigenvalue weighted by molar-refractivity contribution is 5.93. The molecule has 1 aliphatic carbocycles. The Morgan fingerprint density at radius 3 is 1.86 bits per heavy atom. The predicted octanol–water partition coefficient (Wildman–Crippen LogP) is 4.46. The van der Waals surface area contributed by atoms with Gasteiger partial charge in [-0.1, -0.05) is 69.3 Å². The molecule has 0 saturated carbocycles. The van der Waals surface area contributed by atoms with Crippen LogP contribution in [0.5, 0.6) is 0 Å². The number of carbonyl (C=O) groups excluding carboxylic acids is 2. The molecule has 188 valence electrons. The molecule has 10 heteroatoms. The Labute approximate surface area is 200 Å². The fourth-order valence-corrected chi connectivity index (χ4v) is 4.02. The van der Waals surface area contributed by atoms with Crippen LogP contribution in [0.15, 0.2) is 48.5 Å². The summed E-state index contributed by atoms with van der Waals surface area (Å²) in [6.07, 6.45) is -6.69. The number of ether oxygens (including phenoxy) is 1. The second-order valence-corrected chi connectivity index (χ2v) is 9.68. The molecule has 2 aromatic carbocycles. The Kier molecular flexibility index (Phi) is 6.88. The van der Waals surface area contributed by atoms with Crippen LogP contribution in [0.25, 0.3) is 11.1 Å². The lowest BCUT2D eigenvalue weighted by atomic mass is 9.86. The fourth-order valence-electron chi connectivity index (χ4n) is 4.02. The molecule has 0 bridgehead atoms. The van der Waals surface area contributed by atoms with Gasteiger partial charge in [0.15, 0.2) is 0 Å². The first kappa shape index (κ1) is 26.1. The minimum Gasteiger partial charge on any atom is -0.480 e. The van der Waals surface area contributed by atoms with Gasteiger partial charge in [-0.3, -0.25) is 10.1 Å².